The summed E-state index contributed by atoms with van der Waals surface area (Å²) in [6, 6.07) is -0.395. The maximum atomic E-state index is 10.8. The van der Waals surface area contributed by atoms with Gasteiger partial charge < -0.3 is 20.9 Å². The Kier molecular flexibility index (Phi) is 3.45. The van der Waals surface area contributed by atoms with Crippen LogP contribution in [-0.4, -0.2) is 37.8 Å². The second-order valence-corrected chi connectivity index (χ2v) is 5.34. The Morgan fingerprint density at radius 3 is 2.95 bits per heavy atom. The van der Waals surface area contributed by atoms with Crippen LogP contribution in [0.2, 0.25) is 0 Å². The summed E-state index contributed by atoms with van der Waals surface area (Å²) in [6.07, 6.45) is 2.84. The minimum atomic E-state index is -1.05. The Labute approximate surface area is 126 Å². The summed E-state index contributed by atoms with van der Waals surface area (Å²) in [5, 5.41) is 0. The van der Waals surface area contributed by atoms with Gasteiger partial charge in [-0.15, -0.1) is 0 Å². The number of carbonyl (C=O) groups excluding carboxylic acids is 1. The Morgan fingerprint density at radius 1 is 1.50 bits per heavy atom. The molecule has 2 aromatic rings. The van der Waals surface area contributed by atoms with E-state index in [0.29, 0.717) is 24.1 Å². The number of fused-ring (bicyclic) bond motifs is 1. The zero-order valence-electron chi connectivity index (χ0n) is 12.3. The van der Waals surface area contributed by atoms with Gasteiger partial charge in [0.25, 0.3) is 6.47 Å². The van der Waals surface area contributed by atoms with E-state index in [1.54, 1.807) is 10.9 Å². The first kappa shape index (κ1) is 14.7. The number of ether oxygens (including phenoxy) is 2. The molecule has 1 aliphatic heterocycles. The van der Waals surface area contributed by atoms with E-state index in [4.69, 9.17) is 20.9 Å². The number of anilines is 1. The lowest BCUT2D eigenvalue weighted by atomic mass is 9.93. The Bertz CT molecular complexity index is 704. The molecule has 0 saturated carbocycles. The number of imidazole rings is 1. The van der Waals surface area contributed by atoms with Crippen molar-refractivity contribution in [3.63, 3.8) is 0 Å². The number of nitrogens with two attached hydrogens (primary N) is 2. The highest BCUT2D eigenvalue weighted by Crippen LogP contribution is 2.43. The summed E-state index contributed by atoms with van der Waals surface area (Å²) in [4.78, 5) is 23.1. The van der Waals surface area contributed by atoms with Gasteiger partial charge in [0.15, 0.2) is 17.7 Å². The summed E-state index contributed by atoms with van der Waals surface area (Å²) in [6.45, 7) is 4.16. The summed E-state index contributed by atoms with van der Waals surface area (Å²) in [5.41, 5.74) is 13.1. The average Bonchev–Trinajstić information content (AvgIpc) is 3.04. The number of hydrogen-bond acceptors (Lipinski definition) is 8. The van der Waals surface area contributed by atoms with E-state index in [1.165, 1.54) is 6.33 Å². The van der Waals surface area contributed by atoms with Crippen molar-refractivity contribution in [2.45, 2.75) is 38.3 Å². The molecule has 9 nitrogen and oxygen atoms in total. The molecular formula is C13H18N6O3. The van der Waals surface area contributed by atoms with Crippen LogP contribution in [0.5, 0.6) is 0 Å². The smallest absolute Gasteiger partial charge is 0.295 e. The molecule has 0 amide bonds. The third kappa shape index (κ3) is 1.93. The molecule has 4 atom stereocenters. The molecule has 1 aliphatic rings. The zero-order valence-corrected chi connectivity index (χ0v) is 12.3. The molecule has 0 spiro atoms. The third-order valence-corrected chi connectivity index (χ3v) is 4.32. The largest absolute Gasteiger partial charge is 0.435 e. The maximum Gasteiger partial charge on any atom is 0.295 e. The van der Waals surface area contributed by atoms with Crippen molar-refractivity contribution in [2.75, 3.05) is 5.73 Å². The van der Waals surface area contributed by atoms with Crippen molar-refractivity contribution in [3.8, 4) is 0 Å². The van der Waals surface area contributed by atoms with E-state index in [9.17, 15) is 4.79 Å². The van der Waals surface area contributed by atoms with Crippen LogP contribution in [0.4, 0.5) is 5.82 Å². The van der Waals surface area contributed by atoms with Crippen molar-refractivity contribution >= 4 is 23.5 Å². The lowest BCUT2D eigenvalue weighted by Gasteiger charge is -2.29. The first-order valence-corrected chi connectivity index (χ1v) is 7.02. The molecule has 0 bridgehead atoms. The molecule has 1 saturated heterocycles. The molecule has 3 heterocycles. The molecule has 1 fully saturated rings. The van der Waals surface area contributed by atoms with Crippen LogP contribution in [0.15, 0.2) is 12.7 Å². The Hall–Kier alpha value is -2.26. The highest BCUT2D eigenvalue weighted by molar-refractivity contribution is 5.81. The summed E-state index contributed by atoms with van der Waals surface area (Å²) in [7, 11) is 0. The van der Waals surface area contributed by atoms with Crippen LogP contribution < -0.4 is 11.5 Å². The highest BCUT2D eigenvalue weighted by atomic mass is 16.7. The molecule has 0 aliphatic carbocycles. The Morgan fingerprint density at radius 2 is 2.27 bits per heavy atom. The van der Waals surface area contributed by atoms with E-state index in [-0.39, 0.29) is 11.7 Å². The van der Waals surface area contributed by atoms with Gasteiger partial charge in [0.2, 0.25) is 5.79 Å². The maximum absolute atomic E-state index is 10.8. The second-order valence-electron chi connectivity index (χ2n) is 5.34. The Balaban J connectivity index is 2.04. The number of aromatic nitrogens is 4. The minimum absolute atomic E-state index is 0.190. The molecule has 4 N–H and O–H groups in total. The number of nitrogens with zero attached hydrogens (tertiary/aromatic N) is 4. The summed E-state index contributed by atoms with van der Waals surface area (Å²) < 4.78 is 12.9. The molecule has 0 radical (unpaired) electrons. The van der Waals surface area contributed by atoms with Crippen LogP contribution in [0.1, 0.15) is 26.5 Å². The third-order valence-electron chi connectivity index (χ3n) is 4.32. The van der Waals surface area contributed by atoms with Crippen LogP contribution >= 0.6 is 0 Å². The van der Waals surface area contributed by atoms with E-state index in [1.807, 2.05) is 13.8 Å². The van der Waals surface area contributed by atoms with E-state index in [0.717, 1.165) is 0 Å². The molecule has 2 aromatic heterocycles. The fourth-order valence-corrected chi connectivity index (χ4v) is 2.93. The normalized spacial score (nSPS) is 31.5. The van der Waals surface area contributed by atoms with Gasteiger partial charge >= 0.3 is 0 Å². The van der Waals surface area contributed by atoms with Gasteiger partial charge in [-0.05, 0) is 0 Å². The predicted octanol–water partition coefficient (Wildman–Crippen LogP) is 0.180. The molecular weight excluding hydrogens is 288 g/mol. The number of nitrogen functional groups attached to an aromatic ring is 1. The van der Waals surface area contributed by atoms with Gasteiger partial charge in [-0.2, -0.15) is 0 Å². The van der Waals surface area contributed by atoms with Gasteiger partial charge in [0.05, 0.1) is 12.4 Å². The van der Waals surface area contributed by atoms with E-state index in [2.05, 4.69) is 15.0 Å². The molecule has 0 aromatic carbocycles. The van der Waals surface area contributed by atoms with Crippen molar-refractivity contribution in [3.05, 3.63) is 12.7 Å². The number of carbonyl (C=O) groups is 1. The molecule has 118 valence electrons. The minimum Gasteiger partial charge on any atom is -0.435 e. The van der Waals surface area contributed by atoms with Crippen molar-refractivity contribution in [1.29, 1.82) is 0 Å². The SMILES string of the molecule is CC[C@@]1(OC=O)O[C@@H](n2cnc3c(N)ncnc32)[C@@H](N)C1C. The standard InChI is InChI=1S/C13H18N6O3/c1-3-13(21-6-20)7(2)8(14)12(22-13)19-5-18-9-10(15)16-4-17-11(9)19/h4-8,12H,3,14H2,1-2H3,(H2,15,16,17)/t7?,8-,12+,13+/m0/s1. The second kappa shape index (κ2) is 5.18. The summed E-state index contributed by atoms with van der Waals surface area (Å²) in [5.74, 6) is -0.959. The van der Waals surface area contributed by atoms with Crippen molar-refractivity contribution < 1.29 is 14.3 Å². The van der Waals surface area contributed by atoms with Crippen molar-refractivity contribution in [2.24, 2.45) is 11.7 Å². The topological polar surface area (TPSA) is 131 Å². The first-order chi connectivity index (χ1) is 10.5. The fourth-order valence-electron chi connectivity index (χ4n) is 2.93. The lowest BCUT2D eigenvalue weighted by molar-refractivity contribution is -0.236. The molecule has 3 rings (SSSR count). The van der Waals surface area contributed by atoms with Gasteiger partial charge in [-0.25, -0.2) is 15.0 Å². The monoisotopic (exact) mass is 306 g/mol. The van der Waals surface area contributed by atoms with Gasteiger partial charge in [-0.1, -0.05) is 13.8 Å². The van der Waals surface area contributed by atoms with Crippen molar-refractivity contribution in [1.82, 2.24) is 19.5 Å². The van der Waals surface area contributed by atoms with Crippen LogP contribution in [0.3, 0.4) is 0 Å². The quantitative estimate of drug-likeness (QED) is 0.765. The van der Waals surface area contributed by atoms with Gasteiger partial charge in [-0.3, -0.25) is 9.36 Å². The summed E-state index contributed by atoms with van der Waals surface area (Å²) >= 11 is 0. The van der Waals surface area contributed by atoms with E-state index < -0.39 is 18.1 Å². The number of rotatable bonds is 4. The average molecular weight is 306 g/mol. The van der Waals surface area contributed by atoms with Gasteiger partial charge in [0.1, 0.15) is 11.8 Å². The molecule has 9 heteroatoms. The van der Waals surface area contributed by atoms with Crippen LogP contribution in [0.25, 0.3) is 11.2 Å². The lowest BCUT2D eigenvalue weighted by Crippen LogP contribution is -2.41. The predicted molar refractivity (Wildman–Crippen MR) is 77.2 cm³/mol. The number of hydrogen-bond donors (Lipinski definition) is 2. The van der Waals surface area contributed by atoms with E-state index >= 15 is 0 Å². The highest BCUT2D eigenvalue weighted by Gasteiger charge is 2.53. The van der Waals surface area contributed by atoms with Gasteiger partial charge in [0, 0.05) is 12.3 Å². The van der Waals surface area contributed by atoms with Crippen LogP contribution in [0, 0.1) is 5.92 Å². The van der Waals surface area contributed by atoms with Crippen LogP contribution in [-0.2, 0) is 14.3 Å². The molecule has 22 heavy (non-hydrogen) atoms. The first-order valence-electron chi connectivity index (χ1n) is 7.02. The zero-order chi connectivity index (χ0) is 15.9. The fraction of sp³-hybridized carbons (Fsp3) is 0.538. The molecule has 1 unspecified atom stereocenters.